The number of aromatic nitrogens is 1. The van der Waals surface area contributed by atoms with Gasteiger partial charge in [0.25, 0.3) is 5.91 Å². The zero-order valence-electron chi connectivity index (χ0n) is 11.4. The number of benzene rings is 1. The summed E-state index contributed by atoms with van der Waals surface area (Å²) < 4.78 is 13.1. The summed E-state index contributed by atoms with van der Waals surface area (Å²) >= 11 is 1.52. The van der Waals surface area contributed by atoms with Crippen molar-refractivity contribution in [1.82, 2.24) is 10.3 Å². The molecule has 3 rings (SSSR count). The Morgan fingerprint density at radius 3 is 2.86 bits per heavy atom. The number of nitrogens with zero attached hydrogens (tertiary/aromatic N) is 1. The molecule has 0 radical (unpaired) electrons. The van der Waals surface area contributed by atoms with E-state index in [-0.39, 0.29) is 11.7 Å². The minimum atomic E-state index is -0.229. The normalized spacial score (nSPS) is 14.0. The molecule has 21 heavy (non-hydrogen) atoms. The summed E-state index contributed by atoms with van der Waals surface area (Å²) in [5.74, 6) is 0.359. The van der Waals surface area contributed by atoms with Gasteiger partial charge in [-0.05, 0) is 42.7 Å². The van der Waals surface area contributed by atoms with Gasteiger partial charge >= 0.3 is 0 Å². The van der Waals surface area contributed by atoms with Crippen molar-refractivity contribution in [3.05, 3.63) is 59.5 Å². The highest BCUT2D eigenvalue weighted by atomic mass is 32.2. The molecule has 0 atom stereocenters. The summed E-state index contributed by atoms with van der Waals surface area (Å²) in [6, 6.07) is 10.5. The lowest BCUT2D eigenvalue weighted by Crippen LogP contribution is -2.25. The predicted molar refractivity (Wildman–Crippen MR) is 80.7 cm³/mol. The van der Waals surface area contributed by atoms with Gasteiger partial charge in [0.2, 0.25) is 0 Å². The van der Waals surface area contributed by atoms with E-state index in [0.29, 0.717) is 17.4 Å². The molecule has 1 heterocycles. The van der Waals surface area contributed by atoms with E-state index < -0.39 is 0 Å². The van der Waals surface area contributed by atoms with Crippen LogP contribution < -0.4 is 5.32 Å². The van der Waals surface area contributed by atoms with Crippen LogP contribution in [0.4, 0.5) is 4.39 Å². The highest BCUT2D eigenvalue weighted by molar-refractivity contribution is 7.98. The van der Waals surface area contributed by atoms with Crippen LogP contribution in [0, 0.1) is 5.82 Å². The number of halogens is 1. The van der Waals surface area contributed by atoms with Crippen molar-refractivity contribution in [3.63, 3.8) is 0 Å². The Labute approximate surface area is 127 Å². The van der Waals surface area contributed by atoms with Crippen LogP contribution in [0.15, 0.2) is 47.6 Å². The van der Waals surface area contributed by atoms with Gasteiger partial charge in [-0.3, -0.25) is 4.79 Å². The van der Waals surface area contributed by atoms with E-state index in [4.69, 9.17) is 0 Å². The third-order valence-corrected chi connectivity index (χ3v) is 4.20. The monoisotopic (exact) mass is 302 g/mol. The summed E-state index contributed by atoms with van der Waals surface area (Å²) in [5, 5.41) is 3.75. The number of carbonyl (C=O) groups excluding carboxylic acids is 1. The summed E-state index contributed by atoms with van der Waals surface area (Å²) in [7, 11) is 0. The average Bonchev–Trinajstić information content (AvgIpc) is 3.30. The van der Waals surface area contributed by atoms with Gasteiger partial charge in [-0.25, -0.2) is 9.37 Å². The van der Waals surface area contributed by atoms with Crippen molar-refractivity contribution in [2.45, 2.75) is 29.7 Å². The maximum absolute atomic E-state index is 13.1. The molecule has 1 amide bonds. The lowest BCUT2D eigenvalue weighted by molar-refractivity contribution is 0.0950. The number of rotatable bonds is 5. The first kappa shape index (κ1) is 14.1. The number of hydrogen-bond acceptors (Lipinski definition) is 3. The van der Waals surface area contributed by atoms with Gasteiger partial charge in [-0.2, -0.15) is 0 Å². The molecule has 0 unspecified atom stereocenters. The number of nitrogens with one attached hydrogen (secondary N) is 1. The van der Waals surface area contributed by atoms with Gasteiger partial charge in [0, 0.05) is 18.0 Å². The number of carbonyl (C=O) groups is 1. The average molecular weight is 302 g/mol. The van der Waals surface area contributed by atoms with Crippen LogP contribution >= 0.6 is 11.8 Å². The lowest BCUT2D eigenvalue weighted by Gasteiger charge is -2.04. The molecule has 0 spiro atoms. The van der Waals surface area contributed by atoms with Crippen LogP contribution in [0.2, 0.25) is 0 Å². The van der Waals surface area contributed by atoms with E-state index in [1.54, 1.807) is 18.3 Å². The molecule has 1 aromatic carbocycles. The summed E-state index contributed by atoms with van der Waals surface area (Å²) in [4.78, 5) is 16.1. The van der Waals surface area contributed by atoms with Crippen molar-refractivity contribution in [1.29, 1.82) is 0 Å². The first-order valence-corrected chi connectivity index (χ1v) is 7.83. The van der Waals surface area contributed by atoms with Crippen molar-refractivity contribution in [2.75, 3.05) is 0 Å². The Morgan fingerprint density at radius 2 is 2.19 bits per heavy atom. The van der Waals surface area contributed by atoms with Crippen molar-refractivity contribution >= 4 is 17.7 Å². The Hall–Kier alpha value is -1.88. The SMILES string of the molecule is O=C(NC1CC1)c1ccc(SCc2cccc(F)c2)nc1. The van der Waals surface area contributed by atoms with Crippen LogP contribution in [-0.2, 0) is 5.75 Å². The Morgan fingerprint density at radius 1 is 1.33 bits per heavy atom. The second-order valence-corrected chi connectivity index (χ2v) is 6.05. The number of hydrogen-bond donors (Lipinski definition) is 1. The van der Waals surface area contributed by atoms with Crippen LogP contribution in [0.5, 0.6) is 0 Å². The van der Waals surface area contributed by atoms with E-state index in [0.717, 1.165) is 23.4 Å². The van der Waals surface area contributed by atoms with E-state index in [1.807, 2.05) is 12.1 Å². The number of thioether (sulfide) groups is 1. The molecule has 0 aliphatic heterocycles. The van der Waals surface area contributed by atoms with Gasteiger partial charge in [-0.15, -0.1) is 11.8 Å². The minimum Gasteiger partial charge on any atom is -0.349 e. The second-order valence-electron chi connectivity index (χ2n) is 5.05. The topological polar surface area (TPSA) is 42.0 Å². The fraction of sp³-hybridized carbons (Fsp3) is 0.250. The van der Waals surface area contributed by atoms with E-state index in [9.17, 15) is 9.18 Å². The van der Waals surface area contributed by atoms with E-state index in [2.05, 4.69) is 10.3 Å². The van der Waals surface area contributed by atoms with Crippen LogP contribution in [-0.4, -0.2) is 16.9 Å². The molecule has 108 valence electrons. The quantitative estimate of drug-likeness (QED) is 0.861. The Bertz CT molecular complexity index is 641. The first-order valence-electron chi connectivity index (χ1n) is 6.85. The predicted octanol–water partition coefficient (Wildman–Crippen LogP) is 3.41. The fourth-order valence-electron chi connectivity index (χ4n) is 1.88. The van der Waals surface area contributed by atoms with Crippen molar-refractivity contribution in [2.24, 2.45) is 0 Å². The van der Waals surface area contributed by atoms with Gasteiger partial charge < -0.3 is 5.32 Å². The summed E-state index contributed by atoms with van der Waals surface area (Å²) in [6.07, 6.45) is 3.73. The molecule has 1 N–H and O–H groups in total. The third-order valence-electron chi connectivity index (χ3n) is 3.19. The van der Waals surface area contributed by atoms with Crippen LogP contribution in [0.25, 0.3) is 0 Å². The molecule has 1 aliphatic carbocycles. The van der Waals surface area contributed by atoms with Crippen LogP contribution in [0.3, 0.4) is 0 Å². The molecule has 1 aromatic heterocycles. The minimum absolute atomic E-state index is 0.0633. The summed E-state index contributed by atoms with van der Waals surface area (Å²) in [6.45, 7) is 0. The molecule has 0 saturated heterocycles. The second kappa shape index (κ2) is 6.26. The van der Waals surface area contributed by atoms with Gasteiger partial charge in [0.05, 0.1) is 10.6 Å². The number of amides is 1. The molecule has 2 aromatic rings. The van der Waals surface area contributed by atoms with Gasteiger partial charge in [0.15, 0.2) is 0 Å². The molecule has 0 bridgehead atoms. The molecule has 1 saturated carbocycles. The molecule has 3 nitrogen and oxygen atoms in total. The van der Waals surface area contributed by atoms with Crippen molar-refractivity contribution < 1.29 is 9.18 Å². The van der Waals surface area contributed by atoms with Gasteiger partial charge in [0.1, 0.15) is 5.82 Å². The third kappa shape index (κ3) is 4.04. The highest BCUT2D eigenvalue weighted by Crippen LogP contribution is 2.22. The molecule has 1 aliphatic rings. The fourth-order valence-corrected chi connectivity index (χ4v) is 2.67. The maximum Gasteiger partial charge on any atom is 0.253 e. The Balaban J connectivity index is 1.57. The van der Waals surface area contributed by atoms with E-state index in [1.165, 1.54) is 23.9 Å². The van der Waals surface area contributed by atoms with Gasteiger partial charge in [-0.1, -0.05) is 12.1 Å². The lowest BCUT2D eigenvalue weighted by atomic mass is 10.2. The standard InChI is InChI=1S/C16H15FN2OS/c17-13-3-1-2-11(8-13)10-21-15-7-4-12(9-18-15)16(20)19-14-5-6-14/h1-4,7-9,14H,5-6,10H2,(H,19,20). The first-order chi connectivity index (χ1) is 10.2. The number of pyridine rings is 1. The van der Waals surface area contributed by atoms with Crippen molar-refractivity contribution in [3.8, 4) is 0 Å². The van der Waals surface area contributed by atoms with Crippen LogP contribution in [0.1, 0.15) is 28.8 Å². The molecular formula is C16H15FN2OS. The zero-order chi connectivity index (χ0) is 14.7. The Kier molecular flexibility index (Phi) is 4.20. The molecule has 1 fully saturated rings. The smallest absolute Gasteiger partial charge is 0.253 e. The molecular weight excluding hydrogens is 287 g/mol. The zero-order valence-corrected chi connectivity index (χ0v) is 12.2. The summed E-state index contributed by atoms with van der Waals surface area (Å²) in [5.41, 5.74) is 1.49. The largest absolute Gasteiger partial charge is 0.349 e. The van der Waals surface area contributed by atoms with E-state index >= 15 is 0 Å². The maximum atomic E-state index is 13.1. The molecule has 5 heteroatoms. The highest BCUT2D eigenvalue weighted by Gasteiger charge is 2.23.